The molecule has 0 saturated heterocycles. The van der Waals surface area contributed by atoms with E-state index < -0.39 is 0 Å². The zero-order chi connectivity index (χ0) is 8.89. The Hall–Kier alpha value is -0.0400. The monoisotopic (exact) mass is 179 g/mol. The molecule has 0 aliphatic heterocycles. The van der Waals surface area contributed by atoms with Gasteiger partial charge in [-0.1, -0.05) is 0 Å². The summed E-state index contributed by atoms with van der Waals surface area (Å²) in [7, 11) is 0. The van der Waals surface area contributed by atoms with E-state index in [4.69, 9.17) is 0 Å². The Kier molecular flexibility index (Phi) is 1.74. The van der Waals surface area contributed by atoms with Gasteiger partial charge in [0.2, 0.25) is 0 Å². The Balaban J connectivity index is 1.63. The van der Waals surface area contributed by atoms with E-state index in [1.54, 1.807) is 0 Å². The van der Waals surface area contributed by atoms with Crippen molar-refractivity contribution in [1.82, 2.24) is 5.32 Å². The minimum Gasteiger partial charge on any atom is -0.308 e. The average molecular weight is 179 g/mol. The van der Waals surface area contributed by atoms with Gasteiger partial charge in [-0.15, -0.1) is 0 Å². The first kappa shape index (κ1) is 8.28. The molecule has 0 amide bonds. The molecule has 13 heavy (non-hydrogen) atoms. The fraction of sp³-hybridized carbons (Fsp3) is 1.00. The van der Waals surface area contributed by atoms with E-state index in [1.807, 2.05) is 0 Å². The van der Waals surface area contributed by atoms with Gasteiger partial charge in [0.25, 0.3) is 0 Å². The predicted octanol–water partition coefficient (Wildman–Crippen LogP) is 2.71. The molecule has 2 bridgehead atoms. The highest BCUT2D eigenvalue weighted by Gasteiger charge is 2.46. The molecular weight excluding hydrogens is 158 g/mol. The third-order valence-corrected chi connectivity index (χ3v) is 4.60. The van der Waals surface area contributed by atoms with Gasteiger partial charge in [-0.3, -0.25) is 0 Å². The van der Waals surface area contributed by atoms with Crippen LogP contribution in [0.5, 0.6) is 0 Å². The van der Waals surface area contributed by atoms with E-state index in [1.165, 1.54) is 44.9 Å². The maximum Gasteiger partial charge on any atom is 0.0187 e. The highest BCUT2D eigenvalue weighted by atomic mass is 15.0. The van der Waals surface area contributed by atoms with Gasteiger partial charge in [-0.25, -0.2) is 0 Å². The van der Waals surface area contributed by atoms with Crippen LogP contribution in [0, 0.1) is 11.8 Å². The minimum absolute atomic E-state index is 0.604. The summed E-state index contributed by atoms with van der Waals surface area (Å²) in [4.78, 5) is 0. The second kappa shape index (κ2) is 2.73. The summed E-state index contributed by atoms with van der Waals surface area (Å²) in [5, 5.41) is 3.95. The first-order valence-electron chi connectivity index (χ1n) is 6.05. The molecule has 3 aliphatic carbocycles. The van der Waals surface area contributed by atoms with Gasteiger partial charge in [-0.2, -0.15) is 0 Å². The summed E-state index contributed by atoms with van der Waals surface area (Å²) in [5.41, 5.74) is 0.604. The molecular formula is C12H21N. The summed E-state index contributed by atoms with van der Waals surface area (Å²) in [6.45, 7) is 2.40. The van der Waals surface area contributed by atoms with Crippen molar-refractivity contribution >= 4 is 0 Å². The van der Waals surface area contributed by atoms with Crippen LogP contribution in [0.25, 0.3) is 0 Å². The number of hydrogen-bond acceptors (Lipinski definition) is 1. The molecule has 3 rings (SSSR count). The molecule has 0 aromatic heterocycles. The predicted molar refractivity (Wildman–Crippen MR) is 54.6 cm³/mol. The molecule has 3 saturated carbocycles. The molecule has 74 valence electrons. The molecule has 0 aromatic carbocycles. The van der Waals surface area contributed by atoms with Crippen LogP contribution in [-0.2, 0) is 0 Å². The van der Waals surface area contributed by atoms with E-state index in [9.17, 15) is 0 Å². The molecule has 0 spiro atoms. The first-order valence-corrected chi connectivity index (χ1v) is 6.05. The topological polar surface area (TPSA) is 12.0 Å². The second-order valence-corrected chi connectivity index (χ2v) is 5.70. The Labute approximate surface area is 81.3 Å². The van der Waals surface area contributed by atoms with Crippen molar-refractivity contribution in [3.8, 4) is 0 Å². The van der Waals surface area contributed by atoms with Gasteiger partial charge >= 0.3 is 0 Å². The van der Waals surface area contributed by atoms with Gasteiger partial charge in [0, 0.05) is 11.6 Å². The number of fused-ring (bicyclic) bond motifs is 2. The lowest BCUT2D eigenvalue weighted by molar-refractivity contribution is 0.281. The van der Waals surface area contributed by atoms with Gasteiger partial charge < -0.3 is 5.32 Å². The summed E-state index contributed by atoms with van der Waals surface area (Å²) >= 11 is 0. The Morgan fingerprint density at radius 2 is 1.85 bits per heavy atom. The summed E-state index contributed by atoms with van der Waals surface area (Å²) < 4.78 is 0. The van der Waals surface area contributed by atoms with Crippen molar-refractivity contribution in [2.24, 2.45) is 11.8 Å². The van der Waals surface area contributed by atoms with E-state index in [2.05, 4.69) is 12.2 Å². The van der Waals surface area contributed by atoms with Crippen LogP contribution in [-0.4, -0.2) is 11.6 Å². The van der Waals surface area contributed by atoms with Crippen LogP contribution in [0.15, 0.2) is 0 Å². The molecule has 0 aromatic rings. The van der Waals surface area contributed by atoms with E-state index >= 15 is 0 Å². The quantitative estimate of drug-likeness (QED) is 0.702. The molecule has 3 fully saturated rings. The van der Waals surface area contributed by atoms with Crippen molar-refractivity contribution in [3.05, 3.63) is 0 Å². The van der Waals surface area contributed by atoms with Crippen molar-refractivity contribution in [3.63, 3.8) is 0 Å². The summed E-state index contributed by atoms with van der Waals surface area (Å²) in [5.74, 6) is 2.10. The third kappa shape index (κ3) is 1.41. The van der Waals surface area contributed by atoms with Gasteiger partial charge in [0.15, 0.2) is 0 Å². The fourth-order valence-corrected chi connectivity index (χ4v) is 3.59. The van der Waals surface area contributed by atoms with Gasteiger partial charge in [0.05, 0.1) is 0 Å². The van der Waals surface area contributed by atoms with Crippen LogP contribution in [0.1, 0.15) is 51.9 Å². The van der Waals surface area contributed by atoms with Crippen molar-refractivity contribution in [2.45, 2.75) is 63.5 Å². The van der Waals surface area contributed by atoms with E-state index in [0.29, 0.717) is 5.54 Å². The minimum atomic E-state index is 0.604. The number of hydrogen-bond donors (Lipinski definition) is 1. The van der Waals surface area contributed by atoms with Gasteiger partial charge in [-0.05, 0) is 63.7 Å². The van der Waals surface area contributed by atoms with Crippen LogP contribution in [0.4, 0.5) is 0 Å². The zero-order valence-corrected chi connectivity index (χ0v) is 8.68. The van der Waals surface area contributed by atoms with Crippen LogP contribution < -0.4 is 5.32 Å². The first-order chi connectivity index (χ1) is 6.27. The SMILES string of the molecule is CC(NC12CCC(CC1)C2)C1CC1. The molecule has 1 nitrogen and oxygen atoms in total. The number of nitrogens with one attached hydrogen (secondary N) is 1. The smallest absolute Gasteiger partial charge is 0.0187 e. The van der Waals surface area contributed by atoms with Gasteiger partial charge in [0.1, 0.15) is 0 Å². The van der Waals surface area contributed by atoms with Crippen molar-refractivity contribution in [1.29, 1.82) is 0 Å². The molecule has 1 unspecified atom stereocenters. The zero-order valence-electron chi connectivity index (χ0n) is 8.68. The Morgan fingerprint density at radius 1 is 1.15 bits per heavy atom. The fourth-order valence-electron chi connectivity index (χ4n) is 3.59. The van der Waals surface area contributed by atoms with Crippen molar-refractivity contribution < 1.29 is 0 Å². The molecule has 1 N–H and O–H groups in total. The number of rotatable bonds is 3. The Morgan fingerprint density at radius 3 is 2.31 bits per heavy atom. The molecule has 0 radical (unpaired) electrons. The lowest BCUT2D eigenvalue weighted by Crippen LogP contribution is -2.47. The lowest BCUT2D eigenvalue weighted by Gasteiger charge is -2.32. The standard InChI is InChI=1S/C12H21N/c1-9(11-2-3-11)13-12-6-4-10(8-12)5-7-12/h9-11,13H,2-8H2,1H3. The molecule has 1 heteroatoms. The highest BCUT2D eigenvalue weighted by molar-refractivity contribution is 5.04. The maximum atomic E-state index is 3.95. The molecule has 1 atom stereocenters. The van der Waals surface area contributed by atoms with Crippen LogP contribution in [0.2, 0.25) is 0 Å². The van der Waals surface area contributed by atoms with Crippen LogP contribution in [0.3, 0.4) is 0 Å². The molecule has 0 heterocycles. The Bertz CT molecular complexity index is 199. The highest BCUT2D eigenvalue weighted by Crippen LogP contribution is 2.48. The van der Waals surface area contributed by atoms with Crippen LogP contribution >= 0.6 is 0 Å². The summed E-state index contributed by atoms with van der Waals surface area (Å²) in [6, 6.07) is 0.803. The summed E-state index contributed by atoms with van der Waals surface area (Å²) in [6.07, 6.45) is 10.4. The van der Waals surface area contributed by atoms with E-state index in [-0.39, 0.29) is 0 Å². The van der Waals surface area contributed by atoms with Crippen molar-refractivity contribution in [2.75, 3.05) is 0 Å². The third-order valence-electron chi connectivity index (χ3n) is 4.60. The second-order valence-electron chi connectivity index (χ2n) is 5.70. The van der Waals surface area contributed by atoms with E-state index in [0.717, 1.165) is 17.9 Å². The normalized spacial score (nSPS) is 45.5. The average Bonchev–Trinajstić information content (AvgIpc) is 2.81. The lowest BCUT2D eigenvalue weighted by atomic mass is 9.92. The maximum absolute atomic E-state index is 3.95. The largest absolute Gasteiger partial charge is 0.308 e. The molecule has 3 aliphatic rings.